The Kier molecular flexibility index (Phi) is 3.44. The van der Waals surface area contributed by atoms with Gasteiger partial charge < -0.3 is 11.1 Å². The predicted molar refractivity (Wildman–Crippen MR) is 63.3 cm³/mol. The number of nitrogens with one attached hydrogen (secondary N) is 1. The zero-order chi connectivity index (χ0) is 11.7. The summed E-state index contributed by atoms with van der Waals surface area (Å²) in [5.74, 6) is -0.917. The van der Waals surface area contributed by atoms with E-state index >= 15 is 0 Å². The maximum atomic E-state index is 13.5. The molecule has 2 rings (SSSR count). The number of hydrogen-bond donors (Lipinski definition) is 2. The molecule has 0 amide bonds. The first-order valence-electron chi connectivity index (χ1n) is 5.23. The fourth-order valence-electron chi connectivity index (χ4n) is 2.00. The highest BCUT2D eigenvalue weighted by Gasteiger charge is 2.22. The number of hydrogen-bond acceptors (Lipinski definition) is 2. The summed E-state index contributed by atoms with van der Waals surface area (Å²) in [6, 6.07) is 2.61. The van der Waals surface area contributed by atoms with Crippen LogP contribution in [0, 0.1) is 11.6 Å². The molecule has 0 aliphatic heterocycles. The first-order chi connectivity index (χ1) is 7.56. The van der Waals surface area contributed by atoms with Crippen molar-refractivity contribution in [2.45, 2.75) is 31.3 Å². The van der Waals surface area contributed by atoms with Crippen LogP contribution in [0.4, 0.5) is 14.5 Å². The standard InChI is InChI=1S/C11H13BrF2N2/c12-8-4-10(14)11(5-9(8)13)16-7-2-1-6(15)3-7/h4-7,16H,1-3,15H2. The van der Waals surface area contributed by atoms with Crippen LogP contribution < -0.4 is 11.1 Å². The van der Waals surface area contributed by atoms with Crippen molar-refractivity contribution in [1.82, 2.24) is 0 Å². The minimum atomic E-state index is -0.466. The summed E-state index contributed by atoms with van der Waals surface area (Å²) in [4.78, 5) is 0. The molecule has 0 spiro atoms. The van der Waals surface area contributed by atoms with E-state index in [-0.39, 0.29) is 22.2 Å². The van der Waals surface area contributed by atoms with E-state index in [1.54, 1.807) is 0 Å². The lowest BCUT2D eigenvalue weighted by Crippen LogP contribution is -2.21. The predicted octanol–water partition coefficient (Wildman–Crippen LogP) is 3.02. The van der Waals surface area contributed by atoms with Crippen LogP contribution in [-0.4, -0.2) is 12.1 Å². The van der Waals surface area contributed by atoms with Gasteiger partial charge >= 0.3 is 0 Å². The van der Waals surface area contributed by atoms with E-state index in [1.165, 1.54) is 6.07 Å². The third kappa shape index (κ3) is 2.52. The van der Waals surface area contributed by atoms with Crippen LogP contribution in [0.15, 0.2) is 16.6 Å². The Morgan fingerprint density at radius 1 is 1.25 bits per heavy atom. The van der Waals surface area contributed by atoms with Gasteiger partial charge in [-0.15, -0.1) is 0 Å². The topological polar surface area (TPSA) is 38.0 Å². The fraction of sp³-hybridized carbons (Fsp3) is 0.455. The van der Waals surface area contributed by atoms with Crippen molar-refractivity contribution in [3.63, 3.8) is 0 Å². The van der Waals surface area contributed by atoms with Crippen LogP contribution in [0.1, 0.15) is 19.3 Å². The second kappa shape index (κ2) is 4.67. The molecule has 1 fully saturated rings. The van der Waals surface area contributed by atoms with Crippen LogP contribution in [0.2, 0.25) is 0 Å². The van der Waals surface area contributed by atoms with Crippen LogP contribution in [0.25, 0.3) is 0 Å². The van der Waals surface area contributed by atoms with Crippen molar-refractivity contribution in [3.8, 4) is 0 Å². The summed E-state index contributed by atoms with van der Waals surface area (Å²) in [6.07, 6.45) is 2.63. The number of anilines is 1. The molecule has 2 atom stereocenters. The van der Waals surface area contributed by atoms with E-state index in [4.69, 9.17) is 5.73 Å². The summed E-state index contributed by atoms with van der Waals surface area (Å²) in [7, 11) is 0. The second-order valence-electron chi connectivity index (χ2n) is 4.16. The van der Waals surface area contributed by atoms with Crippen molar-refractivity contribution < 1.29 is 8.78 Å². The molecular formula is C11H13BrF2N2. The van der Waals surface area contributed by atoms with Gasteiger partial charge in [-0.1, -0.05) is 0 Å². The number of rotatable bonds is 2. The fourth-order valence-corrected chi connectivity index (χ4v) is 2.32. The van der Waals surface area contributed by atoms with E-state index in [1.807, 2.05) is 0 Å². The molecule has 0 radical (unpaired) electrons. The highest BCUT2D eigenvalue weighted by atomic mass is 79.9. The van der Waals surface area contributed by atoms with Crippen molar-refractivity contribution in [1.29, 1.82) is 0 Å². The Morgan fingerprint density at radius 3 is 2.62 bits per heavy atom. The summed E-state index contributed by atoms with van der Waals surface area (Å²) in [5.41, 5.74) is 5.96. The third-order valence-corrected chi connectivity index (χ3v) is 3.45. The highest BCUT2D eigenvalue weighted by Crippen LogP contribution is 2.27. The molecule has 16 heavy (non-hydrogen) atoms. The molecule has 0 saturated heterocycles. The molecule has 1 aromatic carbocycles. The smallest absolute Gasteiger partial charge is 0.147 e. The van der Waals surface area contributed by atoms with Gasteiger partial charge in [-0.25, -0.2) is 8.78 Å². The monoisotopic (exact) mass is 290 g/mol. The van der Waals surface area contributed by atoms with E-state index in [9.17, 15) is 8.78 Å². The zero-order valence-electron chi connectivity index (χ0n) is 8.64. The van der Waals surface area contributed by atoms with Gasteiger partial charge in [0.05, 0.1) is 10.2 Å². The van der Waals surface area contributed by atoms with Gasteiger partial charge in [-0.2, -0.15) is 0 Å². The molecule has 88 valence electrons. The average Bonchev–Trinajstić information content (AvgIpc) is 2.60. The van der Waals surface area contributed by atoms with Crippen LogP contribution in [-0.2, 0) is 0 Å². The van der Waals surface area contributed by atoms with Gasteiger partial charge in [0.25, 0.3) is 0 Å². The van der Waals surface area contributed by atoms with E-state index < -0.39 is 11.6 Å². The molecular weight excluding hydrogens is 278 g/mol. The lowest BCUT2D eigenvalue weighted by Gasteiger charge is -2.15. The molecule has 0 aromatic heterocycles. The summed E-state index contributed by atoms with van der Waals surface area (Å²) in [6.45, 7) is 0. The van der Waals surface area contributed by atoms with Crippen LogP contribution in [0.5, 0.6) is 0 Å². The first kappa shape index (κ1) is 11.8. The molecule has 2 nitrogen and oxygen atoms in total. The number of halogens is 3. The molecule has 0 bridgehead atoms. The normalized spacial score (nSPS) is 24.8. The molecule has 1 aromatic rings. The second-order valence-corrected chi connectivity index (χ2v) is 5.01. The Hall–Kier alpha value is -0.680. The van der Waals surface area contributed by atoms with Gasteiger partial charge in [-0.3, -0.25) is 0 Å². The van der Waals surface area contributed by atoms with Crippen molar-refractivity contribution in [2.75, 3.05) is 5.32 Å². The lowest BCUT2D eigenvalue weighted by molar-refractivity contribution is 0.592. The maximum absolute atomic E-state index is 13.5. The van der Waals surface area contributed by atoms with Gasteiger partial charge in [0.1, 0.15) is 11.6 Å². The Balaban J connectivity index is 2.12. The average molecular weight is 291 g/mol. The van der Waals surface area contributed by atoms with Gasteiger partial charge in [0.2, 0.25) is 0 Å². The molecule has 3 N–H and O–H groups in total. The summed E-state index contributed by atoms with van der Waals surface area (Å²) in [5, 5.41) is 2.99. The first-order valence-corrected chi connectivity index (χ1v) is 6.02. The Morgan fingerprint density at radius 2 is 2.00 bits per heavy atom. The summed E-state index contributed by atoms with van der Waals surface area (Å²) < 4.78 is 26.9. The molecule has 1 saturated carbocycles. The maximum Gasteiger partial charge on any atom is 0.147 e. The third-order valence-electron chi connectivity index (χ3n) is 2.84. The van der Waals surface area contributed by atoms with Gasteiger partial charge in [0.15, 0.2) is 0 Å². The quantitative estimate of drug-likeness (QED) is 0.822. The van der Waals surface area contributed by atoms with Crippen LogP contribution >= 0.6 is 15.9 Å². The van der Waals surface area contributed by atoms with E-state index in [2.05, 4.69) is 21.2 Å². The van der Waals surface area contributed by atoms with Gasteiger partial charge in [-0.05, 0) is 41.3 Å². The SMILES string of the molecule is NC1CCC(Nc2cc(F)c(Br)cc2F)C1. The minimum Gasteiger partial charge on any atom is -0.380 e. The number of benzene rings is 1. The van der Waals surface area contributed by atoms with E-state index in [0.29, 0.717) is 0 Å². The molecule has 2 unspecified atom stereocenters. The van der Waals surface area contributed by atoms with Crippen molar-refractivity contribution in [2.24, 2.45) is 5.73 Å². The largest absolute Gasteiger partial charge is 0.380 e. The Bertz CT molecular complexity index is 398. The van der Waals surface area contributed by atoms with E-state index in [0.717, 1.165) is 25.3 Å². The highest BCUT2D eigenvalue weighted by molar-refractivity contribution is 9.10. The number of nitrogens with two attached hydrogens (primary N) is 1. The van der Waals surface area contributed by atoms with Gasteiger partial charge in [0, 0.05) is 18.2 Å². The Labute approximate surface area is 101 Å². The molecule has 5 heteroatoms. The zero-order valence-corrected chi connectivity index (χ0v) is 10.2. The van der Waals surface area contributed by atoms with Crippen molar-refractivity contribution >= 4 is 21.6 Å². The van der Waals surface area contributed by atoms with Crippen molar-refractivity contribution in [3.05, 3.63) is 28.2 Å². The minimum absolute atomic E-state index is 0.138. The van der Waals surface area contributed by atoms with Crippen LogP contribution in [0.3, 0.4) is 0 Å². The molecule has 1 aliphatic rings. The molecule has 0 heterocycles. The summed E-state index contributed by atoms with van der Waals surface area (Å²) >= 11 is 2.94. The lowest BCUT2D eigenvalue weighted by atomic mass is 10.2. The molecule has 1 aliphatic carbocycles.